The van der Waals surface area contributed by atoms with Gasteiger partial charge in [0.05, 0.1) is 12.0 Å². The summed E-state index contributed by atoms with van der Waals surface area (Å²) in [4.78, 5) is 0. The van der Waals surface area contributed by atoms with E-state index in [4.69, 9.17) is 4.18 Å². The molecule has 2 heteroatoms. The van der Waals surface area contributed by atoms with Gasteiger partial charge < -0.3 is 4.18 Å². The van der Waals surface area contributed by atoms with Crippen molar-refractivity contribution < 1.29 is 4.18 Å². The molecule has 0 radical (unpaired) electrons. The van der Waals surface area contributed by atoms with Crippen LogP contribution in [0, 0.1) is 6.92 Å². The molecule has 0 aliphatic heterocycles. The summed E-state index contributed by atoms with van der Waals surface area (Å²) in [6.45, 7) is 2.12. The third-order valence-corrected chi connectivity index (χ3v) is 2.62. The summed E-state index contributed by atoms with van der Waals surface area (Å²) < 4.78 is 5.49. The highest BCUT2D eigenvalue weighted by atomic mass is 32.2. The molecule has 0 bridgehead atoms. The standard InChI is InChI=1S/C12H12OS/c1-9-5-3-7-11-10(9)6-4-8-12(11)13-14-2/h3-8H,1-2H3. The van der Waals surface area contributed by atoms with E-state index in [1.807, 2.05) is 18.4 Å². The maximum Gasteiger partial charge on any atom is 0.145 e. The van der Waals surface area contributed by atoms with E-state index in [0.717, 1.165) is 5.75 Å². The van der Waals surface area contributed by atoms with Crippen molar-refractivity contribution in [2.24, 2.45) is 0 Å². The predicted octanol–water partition coefficient (Wildman–Crippen LogP) is 3.81. The molecular weight excluding hydrogens is 192 g/mol. The molecule has 0 fully saturated rings. The predicted molar refractivity (Wildman–Crippen MR) is 62.8 cm³/mol. The molecule has 0 N–H and O–H groups in total. The highest BCUT2D eigenvalue weighted by Gasteiger charge is 2.02. The van der Waals surface area contributed by atoms with E-state index in [-0.39, 0.29) is 0 Å². The Hall–Kier alpha value is -1.15. The van der Waals surface area contributed by atoms with Crippen LogP contribution in [0.2, 0.25) is 0 Å². The van der Waals surface area contributed by atoms with E-state index in [9.17, 15) is 0 Å². The molecule has 2 aromatic carbocycles. The van der Waals surface area contributed by atoms with Gasteiger partial charge in [-0.25, -0.2) is 0 Å². The summed E-state index contributed by atoms with van der Waals surface area (Å²) >= 11 is 1.38. The third-order valence-electron chi connectivity index (χ3n) is 2.27. The minimum absolute atomic E-state index is 0.943. The molecule has 0 saturated heterocycles. The van der Waals surface area contributed by atoms with Crippen LogP contribution in [0.1, 0.15) is 5.56 Å². The fourth-order valence-electron chi connectivity index (χ4n) is 1.60. The lowest BCUT2D eigenvalue weighted by atomic mass is 10.1. The lowest BCUT2D eigenvalue weighted by Crippen LogP contribution is -1.83. The highest BCUT2D eigenvalue weighted by molar-refractivity contribution is 7.94. The maximum absolute atomic E-state index is 5.49. The van der Waals surface area contributed by atoms with Gasteiger partial charge >= 0.3 is 0 Å². The van der Waals surface area contributed by atoms with Crippen LogP contribution in [0.5, 0.6) is 5.75 Å². The van der Waals surface area contributed by atoms with Crippen molar-refractivity contribution in [2.45, 2.75) is 6.92 Å². The Bertz CT molecular complexity index is 451. The van der Waals surface area contributed by atoms with Crippen LogP contribution in [0.4, 0.5) is 0 Å². The van der Waals surface area contributed by atoms with Gasteiger partial charge in [0.25, 0.3) is 0 Å². The highest BCUT2D eigenvalue weighted by Crippen LogP contribution is 2.29. The van der Waals surface area contributed by atoms with Crippen LogP contribution in [0.25, 0.3) is 10.8 Å². The van der Waals surface area contributed by atoms with Crippen molar-refractivity contribution in [1.29, 1.82) is 0 Å². The Kier molecular flexibility index (Phi) is 2.64. The van der Waals surface area contributed by atoms with Crippen LogP contribution in [-0.4, -0.2) is 6.26 Å². The van der Waals surface area contributed by atoms with Crippen molar-refractivity contribution in [3.8, 4) is 5.75 Å². The average Bonchev–Trinajstić information content (AvgIpc) is 2.20. The lowest BCUT2D eigenvalue weighted by molar-refractivity contribution is 0.658. The van der Waals surface area contributed by atoms with Crippen LogP contribution in [-0.2, 0) is 0 Å². The van der Waals surface area contributed by atoms with Crippen molar-refractivity contribution in [3.05, 3.63) is 42.0 Å². The molecule has 0 amide bonds. The fourth-order valence-corrected chi connectivity index (χ4v) is 1.93. The molecule has 0 spiro atoms. The van der Waals surface area contributed by atoms with E-state index in [0.29, 0.717) is 0 Å². The molecule has 0 heterocycles. The number of fused-ring (bicyclic) bond motifs is 1. The first-order valence-corrected chi connectivity index (χ1v) is 5.67. The van der Waals surface area contributed by atoms with Gasteiger partial charge in [0, 0.05) is 11.6 Å². The van der Waals surface area contributed by atoms with Crippen LogP contribution >= 0.6 is 12.0 Å². The van der Waals surface area contributed by atoms with Gasteiger partial charge in [-0.05, 0) is 23.9 Å². The number of hydrogen-bond donors (Lipinski definition) is 0. The van der Waals surface area contributed by atoms with E-state index < -0.39 is 0 Å². The van der Waals surface area contributed by atoms with Gasteiger partial charge in [0.15, 0.2) is 0 Å². The first-order valence-electron chi connectivity index (χ1n) is 4.52. The van der Waals surface area contributed by atoms with Gasteiger partial charge in [-0.2, -0.15) is 0 Å². The molecule has 72 valence electrons. The molecule has 2 rings (SSSR count). The Labute approximate surface area is 88.3 Å². The van der Waals surface area contributed by atoms with Crippen molar-refractivity contribution >= 4 is 22.8 Å². The molecule has 0 aromatic heterocycles. The maximum atomic E-state index is 5.49. The van der Waals surface area contributed by atoms with Crippen molar-refractivity contribution in [1.82, 2.24) is 0 Å². The summed E-state index contributed by atoms with van der Waals surface area (Å²) in [5.74, 6) is 0.943. The molecular formula is C12H12OS. The Balaban J connectivity index is 2.68. The van der Waals surface area contributed by atoms with Gasteiger partial charge in [-0.1, -0.05) is 30.3 Å². The Morgan fingerprint density at radius 2 is 1.71 bits per heavy atom. The zero-order valence-electron chi connectivity index (χ0n) is 8.28. The van der Waals surface area contributed by atoms with E-state index >= 15 is 0 Å². The van der Waals surface area contributed by atoms with Crippen LogP contribution in [0.3, 0.4) is 0 Å². The molecule has 0 unspecified atom stereocenters. The second-order valence-corrected chi connectivity index (χ2v) is 3.68. The van der Waals surface area contributed by atoms with E-state index in [2.05, 4.69) is 31.2 Å². The number of benzene rings is 2. The van der Waals surface area contributed by atoms with Crippen LogP contribution < -0.4 is 4.18 Å². The number of aryl methyl sites for hydroxylation is 1. The van der Waals surface area contributed by atoms with Crippen molar-refractivity contribution in [2.75, 3.05) is 6.26 Å². The van der Waals surface area contributed by atoms with E-state index in [1.54, 1.807) is 0 Å². The summed E-state index contributed by atoms with van der Waals surface area (Å²) in [7, 11) is 0. The quantitative estimate of drug-likeness (QED) is 0.688. The molecule has 2 aromatic rings. The molecule has 14 heavy (non-hydrogen) atoms. The van der Waals surface area contributed by atoms with Gasteiger partial charge in [0.1, 0.15) is 5.75 Å². The minimum Gasteiger partial charge on any atom is -0.425 e. The minimum atomic E-state index is 0.943. The van der Waals surface area contributed by atoms with E-state index in [1.165, 1.54) is 28.4 Å². The molecule has 0 saturated carbocycles. The fraction of sp³-hybridized carbons (Fsp3) is 0.167. The number of rotatable bonds is 2. The second-order valence-electron chi connectivity index (χ2n) is 3.18. The molecule has 1 nitrogen and oxygen atoms in total. The van der Waals surface area contributed by atoms with Crippen molar-refractivity contribution in [3.63, 3.8) is 0 Å². The summed E-state index contributed by atoms with van der Waals surface area (Å²) in [6, 6.07) is 12.4. The summed E-state index contributed by atoms with van der Waals surface area (Å²) in [6.07, 6.45) is 1.93. The monoisotopic (exact) mass is 204 g/mol. The number of hydrogen-bond acceptors (Lipinski definition) is 2. The topological polar surface area (TPSA) is 9.23 Å². The van der Waals surface area contributed by atoms with Crippen LogP contribution in [0.15, 0.2) is 36.4 Å². The zero-order valence-corrected chi connectivity index (χ0v) is 9.10. The average molecular weight is 204 g/mol. The first kappa shape index (κ1) is 9.41. The zero-order chi connectivity index (χ0) is 9.97. The molecule has 0 aliphatic carbocycles. The third kappa shape index (κ3) is 1.58. The normalized spacial score (nSPS) is 10.4. The van der Waals surface area contributed by atoms with Gasteiger partial charge in [0.2, 0.25) is 0 Å². The largest absolute Gasteiger partial charge is 0.425 e. The lowest BCUT2D eigenvalue weighted by Gasteiger charge is -2.07. The molecule has 0 aliphatic rings. The second kappa shape index (κ2) is 3.93. The molecule has 0 atom stereocenters. The van der Waals surface area contributed by atoms with Gasteiger partial charge in [-0.15, -0.1) is 0 Å². The Morgan fingerprint density at radius 3 is 2.50 bits per heavy atom. The summed E-state index contributed by atoms with van der Waals surface area (Å²) in [5, 5.41) is 2.45. The first-order chi connectivity index (χ1) is 6.83. The smallest absolute Gasteiger partial charge is 0.145 e. The summed E-state index contributed by atoms with van der Waals surface area (Å²) in [5.41, 5.74) is 1.29. The Morgan fingerprint density at radius 1 is 1.00 bits per heavy atom. The SMILES string of the molecule is CSOc1cccc2c(C)cccc12. The van der Waals surface area contributed by atoms with Gasteiger partial charge in [-0.3, -0.25) is 0 Å².